The van der Waals surface area contributed by atoms with E-state index in [1.165, 1.54) is 42.8 Å². The molecule has 1 heterocycles. The molecule has 1 aromatic heterocycles. The van der Waals surface area contributed by atoms with Gasteiger partial charge in [-0.15, -0.1) is 11.3 Å². The third-order valence-electron chi connectivity index (χ3n) is 7.50. The maximum atomic E-state index is 4.43. The molecule has 0 aliphatic heterocycles. The molecule has 1 aliphatic rings. The molecule has 4 aromatic rings. The molecule has 0 spiro atoms. The zero-order valence-corrected chi connectivity index (χ0v) is 29.2. The summed E-state index contributed by atoms with van der Waals surface area (Å²) in [5.74, 6) is 0. The maximum absolute atomic E-state index is 4.43. The van der Waals surface area contributed by atoms with Crippen molar-refractivity contribution in [3.8, 4) is 11.1 Å². The van der Waals surface area contributed by atoms with Crippen LogP contribution in [0.25, 0.3) is 38.4 Å². The normalized spacial score (nSPS) is 12.3. The van der Waals surface area contributed by atoms with E-state index >= 15 is 0 Å². The molecule has 3 nitrogen and oxygen atoms in total. The summed E-state index contributed by atoms with van der Waals surface area (Å²) in [7, 11) is 3.84. The highest BCUT2D eigenvalue weighted by molar-refractivity contribution is 7.19. The van der Waals surface area contributed by atoms with E-state index in [1.807, 2.05) is 62.5 Å². The Morgan fingerprint density at radius 3 is 2.20 bits per heavy atom. The highest BCUT2D eigenvalue weighted by atomic mass is 32.1. The molecular formula is C42H49N3S. The van der Waals surface area contributed by atoms with Crippen molar-refractivity contribution in [1.29, 1.82) is 0 Å². The highest BCUT2D eigenvalue weighted by Crippen LogP contribution is 2.37. The van der Waals surface area contributed by atoms with E-state index in [1.54, 1.807) is 6.20 Å². The lowest BCUT2D eigenvalue weighted by molar-refractivity contribution is 0.349. The van der Waals surface area contributed by atoms with Crippen LogP contribution in [-0.2, 0) is 6.42 Å². The van der Waals surface area contributed by atoms with E-state index in [0.717, 1.165) is 35.4 Å². The average molecular weight is 628 g/mol. The van der Waals surface area contributed by atoms with Crippen LogP contribution in [0.1, 0.15) is 55.7 Å². The van der Waals surface area contributed by atoms with Crippen molar-refractivity contribution in [1.82, 2.24) is 15.8 Å². The lowest BCUT2D eigenvalue weighted by Crippen LogP contribution is -2.33. The number of benzene rings is 3. The number of likely N-dealkylation sites (N-methyl/N-ethyl adjacent to an activating group) is 1. The molecule has 3 aromatic carbocycles. The molecule has 238 valence electrons. The van der Waals surface area contributed by atoms with E-state index in [2.05, 4.69) is 135 Å². The van der Waals surface area contributed by atoms with Gasteiger partial charge in [0.05, 0.1) is 5.70 Å². The Labute approximate surface area is 281 Å². The predicted octanol–water partition coefficient (Wildman–Crippen LogP) is 11.4. The number of allylic oxidation sites excluding steroid dienone is 7. The summed E-state index contributed by atoms with van der Waals surface area (Å²) in [5.41, 5.74) is 14.1. The minimum Gasteiger partial charge on any atom is -0.394 e. The topological polar surface area (TPSA) is 27.3 Å². The fourth-order valence-corrected chi connectivity index (χ4v) is 6.39. The van der Waals surface area contributed by atoms with Crippen LogP contribution in [0, 0.1) is 0 Å². The number of hydrogen-bond acceptors (Lipinski definition) is 4. The molecule has 2 N–H and O–H groups in total. The van der Waals surface area contributed by atoms with E-state index in [0.29, 0.717) is 0 Å². The summed E-state index contributed by atoms with van der Waals surface area (Å²) < 4.78 is 1.35. The van der Waals surface area contributed by atoms with Crippen molar-refractivity contribution < 1.29 is 0 Å². The van der Waals surface area contributed by atoms with Crippen molar-refractivity contribution in [2.75, 3.05) is 14.1 Å². The van der Waals surface area contributed by atoms with Gasteiger partial charge in [0.25, 0.3) is 0 Å². The van der Waals surface area contributed by atoms with Gasteiger partial charge in [-0.3, -0.25) is 5.01 Å². The smallest absolute Gasteiger partial charge is 0.0640 e. The van der Waals surface area contributed by atoms with Gasteiger partial charge >= 0.3 is 0 Å². The molecule has 0 fully saturated rings. The number of hydrazine groups is 1. The SMILES string of the molecule is C=C/C=C(\C(=C)c1ccc(-c2ccccc2)cc1)N(C)NC1=CC=C(c2ccc3c(/C=C\C)c(CC)sc3c2)C1.C=CNC.CC. The monoisotopic (exact) mass is 627 g/mol. The molecule has 1 aliphatic carbocycles. The summed E-state index contributed by atoms with van der Waals surface area (Å²) in [5, 5.41) is 6.08. The zero-order chi connectivity index (χ0) is 33.5. The fourth-order valence-electron chi connectivity index (χ4n) is 5.22. The second-order valence-electron chi connectivity index (χ2n) is 10.4. The highest BCUT2D eigenvalue weighted by Gasteiger charge is 2.17. The second-order valence-corrected chi connectivity index (χ2v) is 11.6. The van der Waals surface area contributed by atoms with Gasteiger partial charge < -0.3 is 10.7 Å². The Morgan fingerprint density at radius 2 is 1.59 bits per heavy atom. The first kappa shape index (κ1) is 35.7. The van der Waals surface area contributed by atoms with Crippen LogP contribution in [0.4, 0.5) is 0 Å². The fraction of sp³-hybridized carbons (Fsp3) is 0.190. The zero-order valence-electron chi connectivity index (χ0n) is 28.4. The lowest BCUT2D eigenvalue weighted by atomic mass is 9.99. The maximum Gasteiger partial charge on any atom is 0.0640 e. The van der Waals surface area contributed by atoms with Gasteiger partial charge in [-0.25, -0.2) is 0 Å². The molecule has 0 saturated heterocycles. The van der Waals surface area contributed by atoms with Gasteiger partial charge in [0, 0.05) is 35.8 Å². The largest absolute Gasteiger partial charge is 0.394 e. The number of hydrogen-bond donors (Lipinski definition) is 2. The third kappa shape index (κ3) is 8.89. The van der Waals surface area contributed by atoms with Crippen molar-refractivity contribution in [2.45, 2.75) is 40.5 Å². The molecule has 0 radical (unpaired) electrons. The van der Waals surface area contributed by atoms with Gasteiger partial charge in [-0.05, 0) is 82.1 Å². The molecule has 4 heteroatoms. The Balaban J connectivity index is 0.000000891. The molecular weight excluding hydrogens is 579 g/mol. The number of thiophene rings is 1. The van der Waals surface area contributed by atoms with Crippen molar-refractivity contribution >= 4 is 38.6 Å². The summed E-state index contributed by atoms with van der Waals surface area (Å²) in [6, 6.07) is 25.9. The van der Waals surface area contributed by atoms with Gasteiger partial charge in [0.1, 0.15) is 0 Å². The average Bonchev–Trinajstić information content (AvgIpc) is 3.72. The summed E-state index contributed by atoms with van der Waals surface area (Å²) in [4.78, 5) is 1.45. The lowest BCUT2D eigenvalue weighted by Gasteiger charge is -2.27. The quantitative estimate of drug-likeness (QED) is 0.128. The molecule has 0 atom stereocenters. The van der Waals surface area contributed by atoms with Crippen molar-refractivity contribution in [3.63, 3.8) is 0 Å². The standard InChI is InChI=1S/C37H36N2S.C3H7N.C2H6/c1-6-12-33-34-23-21-31(25-37(34)40-36(33)8-3)30-20-22-32(24-30)38-39(5)35(13-7-2)26(4)27-16-18-29(19-17-27)28-14-10-9-11-15-28;1-3-4-2;1-2/h6-7,9-23,25,38H,2,4,8,24H2,1,3,5H3;3-4H,1H2,2H3;1-2H3/b12-6-,35-13+;;. The van der Waals surface area contributed by atoms with Crippen molar-refractivity contribution in [3.05, 3.63) is 162 Å². The Kier molecular flexibility index (Phi) is 14.1. The number of nitrogens with one attached hydrogen (secondary N) is 2. The Bertz CT molecular complexity index is 1730. The number of rotatable bonds is 11. The molecule has 0 saturated carbocycles. The Morgan fingerprint density at radius 1 is 0.935 bits per heavy atom. The minimum atomic E-state index is 0.850. The van der Waals surface area contributed by atoms with Gasteiger partial charge in [-0.2, -0.15) is 0 Å². The van der Waals surface area contributed by atoms with Crippen LogP contribution in [0.15, 0.2) is 141 Å². The van der Waals surface area contributed by atoms with Crippen LogP contribution in [0.3, 0.4) is 0 Å². The van der Waals surface area contributed by atoms with E-state index in [-0.39, 0.29) is 0 Å². The van der Waals surface area contributed by atoms with Crippen LogP contribution in [-0.4, -0.2) is 19.1 Å². The summed E-state index contributed by atoms with van der Waals surface area (Å²) in [6.07, 6.45) is 16.1. The van der Waals surface area contributed by atoms with Crippen LogP contribution in [0.5, 0.6) is 0 Å². The van der Waals surface area contributed by atoms with Gasteiger partial charge in [0.2, 0.25) is 0 Å². The van der Waals surface area contributed by atoms with Crippen LogP contribution in [0.2, 0.25) is 0 Å². The molecule has 5 rings (SSSR count). The van der Waals surface area contributed by atoms with Crippen LogP contribution >= 0.6 is 11.3 Å². The summed E-state index contributed by atoms with van der Waals surface area (Å²) >= 11 is 1.91. The predicted molar refractivity (Wildman–Crippen MR) is 207 cm³/mol. The van der Waals surface area contributed by atoms with E-state index in [9.17, 15) is 0 Å². The van der Waals surface area contributed by atoms with Crippen LogP contribution < -0.4 is 10.7 Å². The Hall–Kier alpha value is -4.80. The second kappa shape index (κ2) is 18.2. The first-order valence-electron chi connectivity index (χ1n) is 16.0. The third-order valence-corrected chi connectivity index (χ3v) is 8.81. The minimum absolute atomic E-state index is 0.850. The van der Waals surface area contributed by atoms with Crippen molar-refractivity contribution in [2.24, 2.45) is 0 Å². The van der Waals surface area contributed by atoms with Gasteiger partial charge in [-0.1, -0.05) is 132 Å². The molecule has 0 amide bonds. The van der Waals surface area contributed by atoms with E-state index < -0.39 is 0 Å². The number of aryl methyl sites for hydroxylation is 1. The van der Waals surface area contributed by atoms with Gasteiger partial charge in [0.15, 0.2) is 0 Å². The first-order chi connectivity index (χ1) is 22.4. The van der Waals surface area contributed by atoms with E-state index in [4.69, 9.17) is 0 Å². The summed E-state index contributed by atoms with van der Waals surface area (Å²) in [6.45, 7) is 20.1. The molecule has 0 bridgehead atoms. The first-order valence-corrected chi connectivity index (χ1v) is 16.8. The molecule has 0 unspecified atom stereocenters. The number of nitrogens with zero attached hydrogens (tertiary/aromatic N) is 1. The molecule has 46 heavy (non-hydrogen) atoms. The number of fused-ring (bicyclic) bond motifs is 1.